The number of amides is 2. The number of aryl methyl sites for hydroxylation is 1. The van der Waals surface area contributed by atoms with Crippen molar-refractivity contribution in [2.75, 3.05) is 11.9 Å². The molecule has 25 heavy (non-hydrogen) atoms. The van der Waals surface area contributed by atoms with Gasteiger partial charge in [0, 0.05) is 0 Å². The Morgan fingerprint density at radius 1 is 1.20 bits per heavy atom. The van der Waals surface area contributed by atoms with E-state index >= 15 is 0 Å². The smallest absolute Gasteiger partial charge is 0.387 e. The van der Waals surface area contributed by atoms with Gasteiger partial charge in [-0.1, -0.05) is 29.8 Å². The van der Waals surface area contributed by atoms with Gasteiger partial charge < -0.3 is 15.4 Å². The summed E-state index contributed by atoms with van der Waals surface area (Å²) in [4.78, 5) is 24.0. The Morgan fingerprint density at radius 3 is 2.60 bits per heavy atom. The molecule has 0 radical (unpaired) electrons. The molecule has 0 atom stereocenters. The molecular formula is C17H15ClF2N2O3. The molecule has 0 fully saturated rings. The van der Waals surface area contributed by atoms with Gasteiger partial charge in [-0.2, -0.15) is 8.78 Å². The van der Waals surface area contributed by atoms with Crippen molar-refractivity contribution in [1.82, 2.24) is 5.32 Å². The summed E-state index contributed by atoms with van der Waals surface area (Å²) >= 11 is 6.01. The maximum absolute atomic E-state index is 12.4. The van der Waals surface area contributed by atoms with Crippen molar-refractivity contribution >= 4 is 29.1 Å². The van der Waals surface area contributed by atoms with Crippen LogP contribution in [0.2, 0.25) is 5.02 Å². The van der Waals surface area contributed by atoms with Crippen LogP contribution in [0.15, 0.2) is 42.5 Å². The molecule has 2 aromatic carbocycles. The van der Waals surface area contributed by atoms with E-state index in [-0.39, 0.29) is 17.9 Å². The van der Waals surface area contributed by atoms with Gasteiger partial charge in [0.25, 0.3) is 5.91 Å². The summed E-state index contributed by atoms with van der Waals surface area (Å²) in [5.74, 6) is -1.48. The van der Waals surface area contributed by atoms with Crippen LogP contribution in [0, 0.1) is 6.92 Å². The topological polar surface area (TPSA) is 67.4 Å². The highest BCUT2D eigenvalue weighted by molar-refractivity contribution is 6.33. The van der Waals surface area contributed by atoms with Crippen LogP contribution in [0.1, 0.15) is 15.9 Å². The molecule has 2 rings (SSSR count). The highest BCUT2D eigenvalue weighted by atomic mass is 35.5. The average Bonchev–Trinajstić information content (AvgIpc) is 2.55. The standard InChI is InChI=1S/C17H15ClF2N2O3/c1-10-6-7-13(12(18)8-10)22-15(23)9-21-16(24)11-4-2-3-5-14(11)25-17(19)20/h2-8,17H,9H2,1H3,(H,21,24)(H,22,23). The van der Waals surface area contributed by atoms with E-state index in [0.717, 1.165) is 5.56 Å². The van der Waals surface area contributed by atoms with Crippen LogP contribution >= 0.6 is 11.6 Å². The van der Waals surface area contributed by atoms with Crippen molar-refractivity contribution in [2.45, 2.75) is 13.5 Å². The van der Waals surface area contributed by atoms with E-state index < -0.39 is 18.4 Å². The Bertz CT molecular complexity index is 784. The van der Waals surface area contributed by atoms with E-state index in [1.807, 2.05) is 6.92 Å². The van der Waals surface area contributed by atoms with E-state index in [9.17, 15) is 18.4 Å². The van der Waals surface area contributed by atoms with Crippen molar-refractivity contribution in [3.63, 3.8) is 0 Å². The van der Waals surface area contributed by atoms with E-state index in [1.165, 1.54) is 24.3 Å². The van der Waals surface area contributed by atoms with Crippen molar-refractivity contribution < 1.29 is 23.1 Å². The van der Waals surface area contributed by atoms with Gasteiger partial charge in [-0.3, -0.25) is 9.59 Å². The van der Waals surface area contributed by atoms with Crippen LogP contribution < -0.4 is 15.4 Å². The molecule has 2 N–H and O–H groups in total. The molecule has 0 aromatic heterocycles. The van der Waals surface area contributed by atoms with Gasteiger partial charge in [0.1, 0.15) is 5.75 Å². The van der Waals surface area contributed by atoms with Crippen LogP contribution in [-0.2, 0) is 4.79 Å². The molecule has 2 aromatic rings. The lowest BCUT2D eigenvalue weighted by molar-refractivity contribution is -0.115. The molecule has 132 valence electrons. The number of para-hydroxylation sites is 1. The fourth-order valence-corrected chi connectivity index (χ4v) is 2.31. The number of benzene rings is 2. The number of hydrogen-bond donors (Lipinski definition) is 2. The first-order chi connectivity index (χ1) is 11.9. The Hall–Kier alpha value is -2.67. The number of hydrogen-bond acceptors (Lipinski definition) is 3. The molecular weight excluding hydrogens is 354 g/mol. The van der Waals surface area contributed by atoms with Gasteiger partial charge >= 0.3 is 6.61 Å². The summed E-state index contributed by atoms with van der Waals surface area (Å²) in [6.45, 7) is -1.55. The maximum Gasteiger partial charge on any atom is 0.387 e. The largest absolute Gasteiger partial charge is 0.434 e. The van der Waals surface area contributed by atoms with E-state index in [1.54, 1.807) is 18.2 Å². The second-order valence-electron chi connectivity index (χ2n) is 5.09. The third-order valence-electron chi connectivity index (χ3n) is 3.16. The van der Waals surface area contributed by atoms with Crippen molar-refractivity contribution in [3.8, 4) is 5.75 Å². The highest BCUT2D eigenvalue weighted by Crippen LogP contribution is 2.22. The first-order valence-corrected chi connectivity index (χ1v) is 7.62. The fraction of sp³-hybridized carbons (Fsp3) is 0.176. The maximum atomic E-state index is 12.4. The Kier molecular flexibility index (Phi) is 6.30. The SMILES string of the molecule is Cc1ccc(NC(=O)CNC(=O)c2ccccc2OC(F)F)c(Cl)c1. The normalized spacial score (nSPS) is 10.4. The zero-order valence-corrected chi connectivity index (χ0v) is 13.9. The summed E-state index contributed by atoms with van der Waals surface area (Å²) < 4.78 is 29.0. The van der Waals surface area contributed by atoms with E-state index in [2.05, 4.69) is 15.4 Å². The summed E-state index contributed by atoms with van der Waals surface area (Å²) in [5.41, 5.74) is 1.25. The van der Waals surface area contributed by atoms with Crippen molar-refractivity contribution in [1.29, 1.82) is 0 Å². The van der Waals surface area contributed by atoms with Crippen LogP contribution in [0.25, 0.3) is 0 Å². The third-order valence-corrected chi connectivity index (χ3v) is 3.47. The molecule has 5 nitrogen and oxygen atoms in total. The van der Waals surface area contributed by atoms with E-state index in [4.69, 9.17) is 11.6 Å². The van der Waals surface area contributed by atoms with Crippen molar-refractivity contribution in [2.24, 2.45) is 0 Å². The summed E-state index contributed by atoms with van der Waals surface area (Å²) in [6, 6.07) is 10.6. The van der Waals surface area contributed by atoms with Gasteiger partial charge in [-0.25, -0.2) is 0 Å². The molecule has 0 bridgehead atoms. The molecule has 0 saturated carbocycles. The molecule has 0 spiro atoms. The number of anilines is 1. The number of carbonyl (C=O) groups is 2. The van der Waals surface area contributed by atoms with Crippen LogP contribution in [0.4, 0.5) is 14.5 Å². The number of rotatable bonds is 6. The van der Waals surface area contributed by atoms with Crippen molar-refractivity contribution in [3.05, 3.63) is 58.6 Å². The van der Waals surface area contributed by atoms with Gasteiger partial charge in [0.05, 0.1) is 22.8 Å². The van der Waals surface area contributed by atoms with Crippen LogP contribution in [-0.4, -0.2) is 25.0 Å². The lowest BCUT2D eigenvalue weighted by atomic mass is 10.2. The Labute approximate surface area is 147 Å². The molecule has 0 saturated heterocycles. The second kappa shape index (κ2) is 8.43. The predicted molar refractivity (Wildman–Crippen MR) is 90.2 cm³/mol. The van der Waals surface area contributed by atoms with Crippen LogP contribution in [0.3, 0.4) is 0 Å². The summed E-state index contributed by atoms with van der Waals surface area (Å²) in [7, 11) is 0. The molecule has 2 amide bonds. The number of nitrogens with one attached hydrogen (secondary N) is 2. The zero-order chi connectivity index (χ0) is 18.4. The van der Waals surface area contributed by atoms with Gasteiger partial charge in [0.15, 0.2) is 0 Å². The quantitative estimate of drug-likeness (QED) is 0.818. The monoisotopic (exact) mass is 368 g/mol. The average molecular weight is 369 g/mol. The number of carbonyl (C=O) groups excluding carboxylic acids is 2. The summed E-state index contributed by atoms with van der Waals surface area (Å²) in [5, 5.41) is 5.27. The van der Waals surface area contributed by atoms with Gasteiger partial charge in [0.2, 0.25) is 5.91 Å². The molecule has 0 aliphatic heterocycles. The summed E-state index contributed by atoms with van der Waals surface area (Å²) in [6.07, 6.45) is 0. The minimum atomic E-state index is -3.05. The molecule has 0 aliphatic carbocycles. The number of alkyl halides is 2. The lowest BCUT2D eigenvalue weighted by Gasteiger charge is -2.11. The second-order valence-corrected chi connectivity index (χ2v) is 5.50. The highest BCUT2D eigenvalue weighted by Gasteiger charge is 2.16. The molecule has 0 heterocycles. The van der Waals surface area contributed by atoms with Gasteiger partial charge in [-0.15, -0.1) is 0 Å². The minimum absolute atomic E-state index is 0.0935. The Morgan fingerprint density at radius 2 is 1.92 bits per heavy atom. The van der Waals surface area contributed by atoms with E-state index in [0.29, 0.717) is 10.7 Å². The molecule has 8 heteroatoms. The first kappa shape index (κ1) is 18.7. The third kappa shape index (κ3) is 5.42. The lowest BCUT2D eigenvalue weighted by Crippen LogP contribution is -2.33. The number of ether oxygens (including phenoxy) is 1. The zero-order valence-electron chi connectivity index (χ0n) is 13.2. The molecule has 0 aliphatic rings. The molecule has 0 unspecified atom stereocenters. The predicted octanol–water partition coefficient (Wildman–Crippen LogP) is 3.62. The van der Waals surface area contributed by atoms with Crippen LogP contribution in [0.5, 0.6) is 5.75 Å². The fourth-order valence-electron chi connectivity index (χ4n) is 2.02. The first-order valence-electron chi connectivity index (χ1n) is 7.25. The van der Waals surface area contributed by atoms with Gasteiger partial charge in [-0.05, 0) is 36.8 Å². The number of halogens is 3. The minimum Gasteiger partial charge on any atom is -0.434 e. The Balaban J connectivity index is 1.97.